The first kappa shape index (κ1) is 15.8. The molecule has 2 aromatic rings. The maximum absolute atomic E-state index is 12.5. The van der Waals surface area contributed by atoms with E-state index in [4.69, 9.17) is 0 Å². The van der Waals surface area contributed by atoms with Crippen LogP contribution in [0.4, 0.5) is 5.69 Å². The fourth-order valence-corrected chi connectivity index (χ4v) is 3.18. The number of anilines is 1. The highest BCUT2D eigenvalue weighted by Gasteiger charge is 2.18. The molecule has 0 heterocycles. The highest BCUT2D eigenvalue weighted by molar-refractivity contribution is 7.92. The largest absolute Gasteiger partial charge is 0.348 e. The molecule has 0 atom stereocenters. The average Bonchev–Trinajstić information content (AvgIpc) is 2.53. The molecule has 1 amide bonds. The van der Waals surface area contributed by atoms with Gasteiger partial charge in [-0.05, 0) is 29.8 Å². The Morgan fingerprint density at radius 1 is 1.05 bits per heavy atom. The Kier molecular flexibility index (Phi) is 4.95. The van der Waals surface area contributed by atoms with Crippen LogP contribution in [0.3, 0.4) is 0 Å². The summed E-state index contributed by atoms with van der Waals surface area (Å²) in [6.45, 7) is 3.47. The second kappa shape index (κ2) is 6.91. The summed E-state index contributed by atoms with van der Waals surface area (Å²) in [4.78, 5) is 11.4. The fourth-order valence-electron chi connectivity index (χ4n) is 1.88. The number of amides is 1. The van der Waals surface area contributed by atoms with Crippen LogP contribution in [0.25, 0.3) is 0 Å². The number of hydrogen-bond acceptors (Lipinski definition) is 3. The van der Waals surface area contributed by atoms with Crippen molar-refractivity contribution in [3.8, 4) is 0 Å². The van der Waals surface area contributed by atoms with Gasteiger partial charge in [-0.3, -0.25) is 9.52 Å². The molecular weight excluding hydrogens is 300 g/mol. The van der Waals surface area contributed by atoms with E-state index < -0.39 is 10.0 Å². The number of sulfonamides is 1. The maximum atomic E-state index is 12.5. The Morgan fingerprint density at radius 2 is 1.68 bits per heavy atom. The van der Waals surface area contributed by atoms with E-state index in [1.165, 1.54) is 6.07 Å². The van der Waals surface area contributed by atoms with Gasteiger partial charge >= 0.3 is 0 Å². The monoisotopic (exact) mass is 316 g/mol. The minimum Gasteiger partial charge on any atom is -0.348 e. The zero-order chi connectivity index (χ0) is 16.0. The van der Waals surface area contributed by atoms with Gasteiger partial charge in [-0.25, -0.2) is 8.42 Å². The van der Waals surface area contributed by atoms with Gasteiger partial charge in [0, 0.05) is 12.2 Å². The van der Waals surface area contributed by atoms with E-state index in [9.17, 15) is 13.2 Å². The number of para-hydroxylation sites is 1. The van der Waals surface area contributed by atoms with E-state index in [1.807, 2.05) is 0 Å². The summed E-state index contributed by atoms with van der Waals surface area (Å²) < 4.78 is 27.5. The molecule has 0 spiro atoms. The molecule has 0 aromatic heterocycles. The number of benzene rings is 2. The lowest BCUT2D eigenvalue weighted by atomic mass is 10.2. The Hall–Kier alpha value is -2.60. The van der Waals surface area contributed by atoms with E-state index in [2.05, 4.69) is 16.6 Å². The molecule has 0 saturated heterocycles. The van der Waals surface area contributed by atoms with Crippen molar-refractivity contribution in [2.45, 2.75) is 11.4 Å². The number of nitrogens with one attached hydrogen (secondary N) is 2. The number of hydrogen-bond donors (Lipinski definition) is 2. The first-order chi connectivity index (χ1) is 10.5. The van der Waals surface area contributed by atoms with Crippen LogP contribution < -0.4 is 10.0 Å². The van der Waals surface area contributed by atoms with Crippen LogP contribution in [0.1, 0.15) is 5.56 Å². The molecule has 0 aliphatic rings. The normalized spacial score (nSPS) is 10.7. The lowest BCUT2D eigenvalue weighted by molar-refractivity contribution is -0.116. The van der Waals surface area contributed by atoms with Crippen LogP contribution in [0, 0.1) is 0 Å². The summed E-state index contributed by atoms with van der Waals surface area (Å²) in [6.07, 6.45) is 1.14. The van der Waals surface area contributed by atoms with Crippen LogP contribution in [0.15, 0.2) is 72.1 Å². The third kappa shape index (κ3) is 3.95. The molecule has 0 radical (unpaired) electrons. The maximum Gasteiger partial charge on any atom is 0.262 e. The van der Waals surface area contributed by atoms with Gasteiger partial charge in [-0.1, -0.05) is 43.0 Å². The van der Waals surface area contributed by atoms with E-state index in [0.29, 0.717) is 11.3 Å². The van der Waals surface area contributed by atoms with Crippen molar-refractivity contribution in [2.75, 3.05) is 4.72 Å². The van der Waals surface area contributed by atoms with E-state index in [-0.39, 0.29) is 17.3 Å². The van der Waals surface area contributed by atoms with Gasteiger partial charge in [0.25, 0.3) is 10.0 Å². The lowest BCUT2D eigenvalue weighted by Gasteiger charge is -2.12. The predicted octanol–water partition coefficient (Wildman–Crippen LogP) is 2.29. The van der Waals surface area contributed by atoms with E-state index in [1.54, 1.807) is 48.5 Å². The summed E-state index contributed by atoms with van der Waals surface area (Å²) in [6, 6.07) is 15.1. The Morgan fingerprint density at radius 3 is 2.36 bits per heavy atom. The molecule has 2 aromatic carbocycles. The van der Waals surface area contributed by atoms with E-state index >= 15 is 0 Å². The fraction of sp³-hybridized carbons (Fsp3) is 0.0625. The summed E-state index contributed by atoms with van der Waals surface area (Å²) in [5, 5.41) is 2.58. The van der Waals surface area contributed by atoms with Gasteiger partial charge < -0.3 is 5.32 Å². The number of carbonyl (C=O) groups is 1. The van der Waals surface area contributed by atoms with E-state index in [0.717, 1.165) is 6.08 Å². The quantitative estimate of drug-likeness (QED) is 0.803. The molecule has 2 N–H and O–H groups in total. The summed E-state index contributed by atoms with van der Waals surface area (Å²) >= 11 is 0. The molecular formula is C16H16N2O3S. The molecule has 0 bridgehead atoms. The molecule has 2 rings (SSSR count). The van der Waals surface area contributed by atoms with Gasteiger partial charge in [-0.15, -0.1) is 0 Å². The van der Waals surface area contributed by atoms with Crippen LogP contribution in [-0.4, -0.2) is 14.3 Å². The second-order valence-electron chi connectivity index (χ2n) is 4.50. The highest BCUT2D eigenvalue weighted by atomic mass is 32.2. The van der Waals surface area contributed by atoms with Gasteiger partial charge in [0.15, 0.2) is 0 Å². The van der Waals surface area contributed by atoms with Crippen LogP contribution in [0.2, 0.25) is 0 Å². The van der Waals surface area contributed by atoms with Crippen molar-refractivity contribution in [3.63, 3.8) is 0 Å². The van der Waals surface area contributed by atoms with Crippen molar-refractivity contribution in [1.29, 1.82) is 0 Å². The third-order valence-electron chi connectivity index (χ3n) is 2.93. The first-order valence-electron chi connectivity index (χ1n) is 6.59. The average molecular weight is 316 g/mol. The zero-order valence-electron chi connectivity index (χ0n) is 11.8. The summed E-state index contributed by atoms with van der Waals surface area (Å²) in [7, 11) is -3.73. The molecule has 0 aliphatic carbocycles. The first-order valence-corrected chi connectivity index (χ1v) is 8.07. The molecule has 0 fully saturated rings. The SMILES string of the molecule is C=CC(=O)NCc1ccccc1S(=O)(=O)Nc1ccccc1. The summed E-state index contributed by atoms with van der Waals surface area (Å²) in [5.41, 5.74) is 0.980. The molecule has 22 heavy (non-hydrogen) atoms. The van der Waals surface area contributed by atoms with Gasteiger partial charge in [-0.2, -0.15) is 0 Å². The Labute approximate surface area is 129 Å². The standard InChI is InChI=1S/C16H16N2O3S/c1-2-16(19)17-12-13-8-6-7-11-15(13)22(20,21)18-14-9-4-3-5-10-14/h2-11,18H,1,12H2,(H,17,19). The molecule has 6 heteroatoms. The van der Waals surface area contributed by atoms with Crippen molar-refractivity contribution in [2.24, 2.45) is 0 Å². The highest BCUT2D eigenvalue weighted by Crippen LogP contribution is 2.19. The van der Waals surface area contributed by atoms with Gasteiger partial charge in [0.1, 0.15) is 0 Å². The molecule has 0 aliphatic heterocycles. The Bertz CT molecular complexity index is 771. The predicted molar refractivity (Wildman–Crippen MR) is 85.7 cm³/mol. The Balaban J connectivity index is 2.27. The topological polar surface area (TPSA) is 75.3 Å². The zero-order valence-corrected chi connectivity index (χ0v) is 12.6. The molecule has 0 saturated carbocycles. The van der Waals surface area contributed by atoms with Crippen molar-refractivity contribution >= 4 is 21.6 Å². The van der Waals surface area contributed by atoms with Crippen molar-refractivity contribution in [3.05, 3.63) is 72.8 Å². The molecule has 0 unspecified atom stereocenters. The van der Waals surface area contributed by atoms with Gasteiger partial charge in [0.2, 0.25) is 5.91 Å². The van der Waals surface area contributed by atoms with Crippen LogP contribution in [0.5, 0.6) is 0 Å². The second-order valence-corrected chi connectivity index (χ2v) is 6.15. The van der Waals surface area contributed by atoms with Crippen molar-refractivity contribution < 1.29 is 13.2 Å². The minimum absolute atomic E-state index is 0.108. The smallest absolute Gasteiger partial charge is 0.262 e. The van der Waals surface area contributed by atoms with Crippen LogP contribution in [-0.2, 0) is 21.4 Å². The van der Waals surface area contributed by atoms with Crippen LogP contribution >= 0.6 is 0 Å². The number of carbonyl (C=O) groups excluding carboxylic acids is 1. The lowest BCUT2D eigenvalue weighted by Crippen LogP contribution is -2.22. The molecule has 5 nitrogen and oxygen atoms in total. The number of rotatable bonds is 6. The minimum atomic E-state index is -3.73. The molecule has 114 valence electrons. The third-order valence-corrected chi connectivity index (χ3v) is 4.41. The van der Waals surface area contributed by atoms with Gasteiger partial charge in [0.05, 0.1) is 4.90 Å². The summed E-state index contributed by atoms with van der Waals surface area (Å²) in [5.74, 6) is -0.358. The van der Waals surface area contributed by atoms with Crippen molar-refractivity contribution in [1.82, 2.24) is 5.32 Å².